The van der Waals surface area contributed by atoms with Crippen LogP contribution in [0.2, 0.25) is 0 Å². The minimum Gasteiger partial charge on any atom is -0.358 e. The van der Waals surface area contributed by atoms with Gasteiger partial charge in [-0.3, -0.25) is 5.43 Å². The standard InChI is InChI=1S/C18H16N2O/c1-3-7-16(8-4-1)11-12-18-15-19-20(21-18)14-13-17-9-5-2-6-10-17/h1-15,19H. The highest BCUT2D eigenvalue weighted by molar-refractivity contribution is 5.52. The zero-order chi connectivity index (χ0) is 14.3. The Kier molecular flexibility index (Phi) is 4.03. The third-order valence-electron chi connectivity index (χ3n) is 2.98. The van der Waals surface area contributed by atoms with Crippen LogP contribution in [0.4, 0.5) is 0 Å². The number of hydrogen-bond acceptors (Lipinski definition) is 3. The van der Waals surface area contributed by atoms with E-state index in [1.807, 2.05) is 91.3 Å². The van der Waals surface area contributed by atoms with Gasteiger partial charge in [0.1, 0.15) is 0 Å². The van der Waals surface area contributed by atoms with Crippen molar-refractivity contribution in [2.75, 3.05) is 0 Å². The molecule has 3 nitrogen and oxygen atoms in total. The summed E-state index contributed by atoms with van der Waals surface area (Å²) in [6.07, 6.45) is 9.57. The van der Waals surface area contributed by atoms with Crippen molar-refractivity contribution in [3.63, 3.8) is 0 Å². The SMILES string of the molecule is C(=Cc1ccccc1)C1=CNN(C=Cc2ccccc2)O1. The number of benzene rings is 2. The van der Waals surface area contributed by atoms with Crippen LogP contribution in [0.25, 0.3) is 12.2 Å². The van der Waals surface area contributed by atoms with Crippen molar-refractivity contribution in [2.24, 2.45) is 0 Å². The molecule has 0 bridgehead atoms. The van der Waals surface area contributed by atoms with Gasteiger partial charge in [-0.25, -0.2) is 0 Å². The minimum atomic E-state index is 0.761. The van der Waals surface area contributed by atoms with E-state index in [9.17, 15) is 0 Å². The number of nitrogens with one attached hydrogen (secondary N) is 1. The van der Waals surface area contributed by atoms with E-state index in [4.69, 9.17) is 4.84 Å². The van der Waals surface area contributed by atoms with E-state index in [1.54, 1.807) is 5.17 Å². The number of hydroxylamine groups is 1. The highest BCUT2D eigenvalue weighted by Crippen LogP contribution is 2.12. The first-order valence-electron chi connectivity index (χ1n) is 6.80. The average Bonchev–Trinajstić information content (AvgIpc) is 3.01. The van der Waals surface area contributed by atoms with Crippen molar-refractivity contribution >= 4 is 12.2 Å². The van der Waals surface area contributed by atoms with E-state index in [2.05, 4.69) is 5.43 Å². The van der Waals surface area contributed by atoms with E-state index in [-0.39, 0.29) is 0 Å². The Labute approximate surface area is 124 Å². The van der Waals surface area contributed by atoms with E-state index >= 15 is 0 Å². The van der Waals surface area contributed by atoms with Gasteiger partial charge in [0.15, 0.2) is 5.76 Å². The molecular formula is C18H16N2O. The summed E-state index contributed by atoms with van der Waals surface area (Å²) in [6.45, 7) is 0. The Hall–Kier alpha value is -2.94. The van der Waals surface area contributed by atoms with Crippen LogP contribution in [-0.4, -0.2) is 5.17 Å². The van der Waals surface area contributed by atoms with Crippen molar-refractivity contribution in [3.8, 4) is 0 Å². The molecule has 2 aromatic carbocycles. The molecule has 1 N–H and O–H groups in total. The van der Waals surface area contributed by atoms with Gasteiger partial charge in [0.25, 0.3) is 0 Å². The Morgan fingerprint density at radius 3 is 2.05 bits per heavy atom. The van der Waals surface area contributed by atoms with Crippen molar-refractivity contribution in [3.05, 3.63) is 96.0 Å². The van der Waals surface area contributed by atoms with Gasteiger partial charge in [-0.1, -0.05) is 66.7 Å². The van der Waals surface area contributed by atoms with Gasteiger partial charge in [0.05, 0.1) is 12.4 Å². The Bertz CT molecular complexity index is 660. The molecule has 0 fully saturated rings. The van der Waals surface area contributed by atoms with Crippen LogP contribution in [0.1, 0.15) is 11.1 Å². The lowest BCUT2D eigenvalue weighted by atomic mass is 10.2. The first-order chi connectivity index (χ1) is 10.4. The Balaban J connectivity index is 1.56. The second-order valence-electron chi connectivity index (χ2n) is 4.56. The normalized spacial score (nSPS) is 14.3. The van der Waals surface area contributed by atoms with Crippen LogP contribution in [0.5, 0.6) is 0 Å². The molecule has 0 saturated heterocycles. The highest BCUT2D eigenvalue weighted by Gasteiger charge is 2.08. The summed E-state index contributed by atoms with van der Waals surface area (Å²) in [4.78, 5) is 5.61. The molecule has 1 aliphatic rings. The number of rotatable bonds is 4. The van der Waals surface area contributed by atoms with Gasteiger partial charge < -0.3 is 4.84 Å². The molecule has 1 heterocycles. The van der Waals surface area contributed by atoms with Crippen molar-refractivity contribution in [1.29, 1.82) is 0 Å². The van der Waals surface area contributed by atoms with Gasteiger partial charge in [0.2, 0.25) is 0 Å². The summed E-state index contributed by atoms with van der Waals surface area (Å²) in [5, 5.41) is 1.57. The molecule has 104 valence electrons. The smallest absolute Gasteiger partial charge is 0.175 e. The summed E-state index contributed by atoms with van der Waals surface area (Å²) in [7, 11) is 0. The maximum Gasteiger partial charge on any atom is 0.175 e. The van der Waals surface area contributed by atoms with Crippen LogP contribution in [0, 0.1) is 0 Å². The first-order valence-corrected chi connectivity index (χ1v) is 6.80. The fourth-order valence-electron chi connectivity index (χ4n) is 1.91. The van der Waals surface area contributed by atoms with Gasteiger partial charge in [-0.2, -0.15) is 0 Å². The predicted molar refractivity (Wildman–Crippen MR) is 85.1 cm³/mol. The summed E-state index contributed by atoms with van der Waals surface area (Å²) in [5.74, 6) is 0.761. The minimum absolute atomic E-state index is 0.761. The monoisotopic (exact) mass is 276 g/mol. The fourth-order valence-corrected chi connectivity index (χ4v) is 1.91. The number of hydrazine groups is 1. The quantitative estimate of drug-likeness (QED) is 0.914. The number of allylic oxidation sites excluding steroid dienone is 1. The third kappa shape index (κ3) is 3.76. The maximum absolute atomic E-state index is 5.61. The largest absolute Gasteiger partial charge is 0.358 e. The van der Waals surface area contributed by atoms with Crippen LogP contribution in [0.3, 0.4) is 0 Å². The average molecular weight is 276 g/mol. The third-order valence-corrected chi connectivity index (χ3v) is 2.98. The lowest BCUT2D eigenvalue weighted by Gasteiger charge is -2.11. The lowest BCUT2D eigenvalue weighted by molar-refractivity contribution is -0.0739. The fraction of sp³-hybridized carbons (Fsp3) is 0. The predicted octanol–water partition coefficient (Wildman–Crippen LogP) is 3.96. The second-order valence-corrected chi connectivity index (χ2v) is 4.56. The van der Waals surface area contributed by atoms with E-state index in [0.29, 0.717) is 0 Å². The summed E-state index contributed by atoms with van der Waals surface area (Å²) in [6, 6.07) is 20.2. The van der Waals surface area contributed by atoms with Gasteiger partial charge >= 0.3 is 0 Å². The molecular weight excluding hydrogens is 260 g/mol. The topological polar surface area (TPSA) is 24.5 Å². The number of hydrogen-bond donors (Lipinski definition) is 1. The van der Waals surface area contributed by atoms with E-state index < -0.39 is 0 Å². The van der Waals surface area contributed by atoms with Crippen molar-refractivity contribution < 1.29 is 4.84 Å². The van der Waals surface area contributed by atoms with Crippen LogP contribution < -0.4 is 5.43 Å². The van der Waals surface area contributed by atoms with E-state index in [1.165, 1.54) is 0 Å². The highest BCUT2D eigenvalue weighted by atomic mass is 16.7. The zero-order valence-electron chi connectivity index (χ0n) is 11.5. The molecule has 0 aromatic heterocycles. The van der Waals surface area contributed by atoms with Gasteiger partial charge in [0, 0.05) is 0 Å². The Morgan fingerprint density at radius 1 is 0.762 bits per heavy atom. The molecule has 0 spiro atoms. The Morgan fingerprint density at radius 2 is 1.38 bits per heavy atom. The second kappa shape index (κ2) is 6.48. The molecule has 0 amide bonds. The van der Waals surface area contributed by atoms with Crippen LogP contribution >= 0.6 is 0 Å². The summed E-state index contributed by atoms with van der Waals surface area (Å²) >= 11 is 0. The first kappa shape index (κ1) is 13.1. The van der Waals surface area contributed by atoms with Crippen LogP contribution in [-0.2, 0) is 4.84 Å². The van der Waals surface area contributed by atoms with Crippen molar-refractivity contribution in [2.45, 2.75) is 0 Å². The molecule has 3 heteroatoms. The maximum atomic E-state index is 5.61. The molecule has 0 saturated carbocycles. The molecule has 0 atom stereocenters. The summed E-state index contributed by atoms with van der Waals surface area (Å²) in [5.41, 5.74) is 5.28. The van der Waals surface area contributed by atoms with Crippen molar-refractivity contribution in [1.82, 2.24) is 10.6 Å². The van der Waals surface area contributed by atoms with Crippen LogP contribution in [0.15, 0.2) is 84.9 Å². The zero-order valence-corrected chi connectivity index (χ0v) is 11.5. The molecule has 0 aliphatic carbocycles. The lowest BCUT2D eigenvalue weighted by Crippen LogP contribution is -2.21. The molecule has 21 heavy (non-hydrogen) atoms. The van der Waals surface area contributed by atoms with E-state index in [0.717, 1.165) is 16.9 Å². The van der Waals surface area contributed by atoms with Gasteiger partial charge in [-0.05, 0) is 23.3 Å². The molecule has 3 rings (SSSR count). The van der Waals surface area contributed by atoms with Gasteiger partial charge in [-0.15, -0.1) is 5.17 Å². The molecule has 0 unspecified atom stereocenters. The molecule has 2 aromatic rings. The summed E-state index contributed by atoms with van der Waals surface area (Å²) < 4.78 is 0. The molecule has 0 radical (unpaired) electrons. The molecule has 1 aliphatic heterocycles. The number of nitrogens with zero attached hydrogens (tertiary/aromatic N) is 1.